The van der Waals surface area contributed by atoms with E-state index < -0.39 is 0 Å². The highest BCUT2D eigenvalue weighted by Gasteiger charge is 2.30. The van der Waals surface area contributed by atoms with Crippen molar-refractivity contribution in [1.82, 2.24) is 14.9 Å². The lowest BCUT2D eigenvalue weighted by molar-refractivity contribution is 0.260. The van der Waals surface area contributed by atoms with E-state index in [0.717, 1.165) is 29.3 Å². The summed E-state index contributed by atoms with van der Waals surface area (Å²) in [5.41, 5.74) is -0.0212. The number of likely N-dealkylation sites (tertiary alicyclic amines) is 1. The van der Waals surface area contributed by atoms with E-state index in [-0.39, 0.29) is 5.41 Å². The average molecular weight is 353 g/mol. The second-order valence-electron chi connectivity index (χ2n) is 7.25. The molecule has 0 aliphatic carbocycles. The summed E-state index contributed by atoms with van der Waals surface area (Å²) in [6.07, 6.45) is 3.99. The molecule has 0 aromatic carbocycles. The van der Waals surface area contributed by atoms with Gasteiger partial charge in [0.2, 0.25) is 0 Å². The molecule has 0 spiro atoms. The molecule has 1 aromatic rings. The Morgan fingerprint density at radius 2 is 1.86 bits per heavy atom. The maximum atomic E-state index is 4.81. The zero-order chi connectivity index (χ0) is 15.0. The lowest BCUT2D eigenvalue weighted by Gasteiger charge is -2.25. The molecule has 3 rings (SSSR count). The van der Waals surface area contributed by atoms with E-state index in [1.54, 1.807) is 0 Å². The fraction of sp³-hybridized carbons (Fsp3) is 0.750. The monoisotopic (exact) mass is 352 g/mol. The van der Waals surface area contributed by atoms with E-state index in [1.165, 1.54) is 32.4 Å². The molecule has 2 saturated heterocycles. The van der Waals surface area contributed by atoms with Crippen LogP contribution in [0.4, 0.5) is 5.82 Å². The van der Waals surface area contributed by atoms with Gasteiger partial charge < -0.3 is 4.90 Å². The Morgan fingerprint density at radius 3 is 2.52 bits per heavy atom. The molecular formula is C16H25BrN4. The molecule has 21 heavy (non-hydrogen) atoms. The van der Waals surface area contributed by atoms with Crippen LogP contribution in [-0.4, -0.2) is 47.1 Å². The predicted octanol–water partition coefficient (Wildman–Crippen LogP) is 3.21. The largest absolute Gasteiger partial charge is 0.355 e. The van der Waals surface area contributed by atoms with E-state index in [1.807, 2.05) is 0 Å². The molecule has 0 bridgehead atoms. The molecular weight excluding hydrogens is 328 g/mol. The minimum absolute atomic E-state index is 0.0212. The number of anilines is 1. The van der Waals surface area contributed by atoms with Gasteiger partial charge in [-0.1, -0.05) is 20.8 Å². The van der Waals surface area contributed by atoms with E-state index >= 15 is 0 Å². The first kappa shape index (κ1) is 15.2. The van der Waals surface area contributed by atoms with Crippen molar-refractivity contribution >= 4 is 21.7 Å². The number of nitrogens with zero attached hydrogens (tertiary/aromatic N) is 4. The fourth-order valence-electron chi connectivity index (χ4n) is 3.26. The molecule has 2 aliphatic rings. The quantitative estimate of drug-likeness (QED) is 0.765. The van der Waals surface area contributed by atoms with Crippen LogP contribution in [0.3, 0.4) is 0 Å². The molecule has 1 aromatic heterocycles. The SMILES string of the molecule is CC(C)(C)c1nc(Br)cc(N2CCC(N3CCCC3)C2)n1. The van der Waals surface area contributed by atoms with Crippen molar-refractivity contribution < 1.29 is 0 Å². The Labute approximate surface area is 136 Å². The molecule has 4 nitrogen and oxygen atoms in total. The topological polar surface area (TPSA) is 32.3 Å². The molecule has 3 heterocycles. The Morgan fingerprint density at radius 1 is 1.14 bits per heavy atom. The first-order chi connectivity index (χ1) is 9.93. The summed E-state index contributed by atoms with van der Waals surface area (Å²) >= 11 is 3.55. The molecule has 5 heteroatoms. The summed E-state index contributed by atoms with van der Waals surface area (Å²) < 4.78 is 0.891. The van der Waals surface area contributed by atoms with Crippen LogP contribution in [0.5, 0.6) is 0 Å². The molecule has 1 atom stereocenters. The third-order valence-corrected chi connectivity index (χ3v) is 4.90. The summed E-state index contributed by atoms with van der Waals surface area (Å²) in [7, 11) is 0. The zero-order valence-corrected chi connectivity index (χ0v) is 14.9. The van der Waals surface area contributed by atoms with Gasteiger partial charge in [0.05, 0.1) is 0 Å². The van der Waals surface area contributed by atoms with Gasteiger partial charge >= 0.3 is 0 Å². The summed E-state index contributed by atoms with van der Waals surface area (Å²) in [4.78, 5) is 14.4. The van der Waals surface area contributed by atoms with Crippen molar-refractivity contribution in [2.45, 2.75) is 51.5 Å². The van der Waals surface area contributed by atoms with Crippen LogP contribution in [0.15, 0.2) is 10.7 Å². The van der Waals surface area contributed by atoms with Gasteiger partial charge in [0.1, 0.15) is 16.2 Å². The highest BCUT2D eigenvalue weighted by atomic mass is 79.9. The van der Waals surface area contributed by atoms with Crippen molar-refractivity contribution in [2.75, 3.05) is 31.1 Å². The maximum absolute atomic E-state index is 4.81. The predicted molar refractivity (Wildman–Crippen MR) is 89.9 cm³/mol. The van der Waals surface area contributed by atoms with Gasteiger partial charge in [-0.05, 0) is 48.3 Å². The normalized spacial score (nSPS) is 24.0. The van der Waals surface area contributed by atoms with E-state index in [0.29, 0.717) is 6.04 Å². The minimum Gasteiger partial charge on any atom is -0.355 e. The van der Waals surface area contributed by atoms with Crippen molar-refractivity contribution in [1.29, 1.82) is 0 Å². The van der Waals surface area contributed by atoms with Gasteiger partial charge in [0.25, 0.3) is 0 Å². The van der Waals surface area contributed by atoms with E-state index in [4.69, 9.17) is 4.98 Å². The smallest absolute Gasteiger partial charge is 0.137 e. The highest BCUT2D eigenvalue weighted by molar-refractivity contribution is 9.10. The first-order valence-electron chi connectivity index (χ1n) is 7.97. The van der Waals surface area contributed by atoms with Crippen LogP contribution in [0.25, 0.3) is 0 Å². The van der Waals surface area contributed by atoms with Crippen LogP contribution in [0.2, 0.25) is 0 Å². The Hall–Kier alpha value is -0.680. The molecule has 0 amide bonds. The lowest BCUT2D eigenvalue weighted by Crippen LogP contribution is -2.35. The highest BCUT2D eigenvalue weighted by Crippen LogP contribution is 2.28. The standard InChI is InChI=1S/C16H25BrN4/c1-16(2,3)15-18-13(17)10-14(19-15)21-9-6-12(11-21)20-7-4-5-8-20/h10,12H,4-9,11H2,1-3H3. The maximum Gasteiger partial charge on any atom is 0.137 e. The van der Waals surface area contributed by atoms with Crippen molar-refractivity contribution in [3.63, 3.8) is 0 Å². The summed E-state index contributed by atoms with van der Waals surface area (Å²) in [6, 6.07) is 2.76. The van der Waals surface area contributed by atoms with Crippen LogP contribution < -0.4 is 4.90 Å². The Kier molecular flexibility index (Phi) is 4.23. The molecule has 2 aliphatic heterocycles. The summed E-state index contributed by atoms with van der Waals surface area (Å²) in [5.74, 6) is 1.99. The van der Waals surface area contributed by atoms with Gasteiger partial charge in [-0.25, -0.2) is 9.97 Å². The second-order valence-corrected chi connectivity index (χ2v) is 8.07. The summed E-state index contributed by atoms with van der Waals surface area (Å²) in [5, 5.41) is 0. The molecule has 1 unspecified atom stereocenters. The van der Waals surface area contributed by atoms with Crippen LogP contribution in [-0.2, 0) is 5.41 Å². The number of halogens is 1. The van der Waals surface area contributed by atoms with Crippen molar-refractivity contribution in [3.8, 4) is 0 Å². The van der Waals surface area contributed by atoms with Gasteiger partial charge in [-0.15, -0.1) is 0 Å². The number of rotatable bonds is 2. The van der Waals surface area contributed by atoms with Crippen LogP contribution >= 0.6 is 15.9 Å². The van der Waals surface area contributed by atoms with Crippen LogP contribution in [0.1, 0.15) is 45.9 Å². The Balaban J connectivity index is 1.76. The average Bonchev–Trinajstić information content (AvgIpc) is 3.08. The molecule has 0 saturated carbocycles. The zero-order valence-electron chi connectivity index (χ0n) is 13.3. The number of aromatic nitrogens is 2. The minimum atomic E-state index is -0.0212. The molecule has 2 fully saturated rings. The molecule has 116 valence electrons. The third kappa shape index (κ3) is 3.39. The van der Waals surface area contributed by atoms with Gasteiger partial charge in [0.15, 0.2) is 0 Å². The van der Waals surface area contributed by atoms with E-state index in [2.05, 4.69) is 57.6 Å². The lowest BCUT2D eigenvalue weighted by atomic mass is 9.96. The van der Waals surface area contributed by atoms with Crippen molar-refractivity contribution in [2.24, 2.45) is 0 Å². The third-order valence-electron chi connectivity index (χ3n) is 4.50. The van der Waals surface area contributed by atoms with E-state index in [9.17, 15) is 0 Å². The first-order valence-corrected chi connectivity index (χ1v) is 8.77. The number of hydrogen-bond acceptors (Lipinski definition) is 4. The number of hydrogen-bond donors (Lipinski definition) is 0. The summed E-state index contributed by atoms with van der Waals surface area (Å²) in [6.45, 7) is 11.3. The van der Waals surface area contributed by atoms with Gasteiger partial charge in [-0.3, -0.25) is 4.90 Å². The van der Waals surface area contributed by atoms with Gasteiger partial charge in [0, 0.05) is 30.6 Å². The van der Waals surface area contributed by atoms with Crippen molar-refractivity contribution in [3.05, 3.63) is 16.5 Å². The second kappa shape index (κ2) is 5.84. The molecule has 0 N–H and O–H groups in total. The molecule has 0 radical (unpaired) electrons. The fourth-order valence-corrected chi connectivity index (χ4v) is 3.63. The Bertz CT molecular complexity index is 505. The van der Waals surface area contributed by atoms with Crippen LogP contribution in [0, 0.1) is 0 Å². The van der Waals surface area contributed by atoms with Gasteiger partial charge in [-0.2, -0.15) is 0 Å².